The summed E-state index contributed by atoms with van der Waals surface area (Å²) >= 11 is 0. The van der Waals surface area contributed by atoms with E-state index in [4.69, 9.17) is 4.74 Å². The van der Waals surface area contributed by atoms with Crippen molar-refractivity contribution >= 4 is 11.9 Å². The number of halogens is 4. The number of carbonyl (C=O) groups excluding carboxylic acids is 1. The van der Waals surface area contributed by atoms with Gasteiger partial charge in [-0.2, -0.15) is 13.2 Å². The third-order valence-corrected chi connectivity index (χ3v) is 5.58. The zero-order valence-electron chi connectivity index (χ0n) is 19.7. The zero-order valence-corrected chi connectivity index (χ0v) is 19.7. The highest BCUT2D eigenvalue weighted by Crippen LogP contribution is 2.31. The molecule has 0 atom stereocenters. The molecule has 5 nitrogen and oxygen atoms in total. The highest BCUT2D eigenvalue weighted by Gasteiger charge is 2.31. The van der Waals surface area contributed by atoms with Crippen LogP contribution >= 0.6 is 0 Å². The lowest BCUT2D eigenvalue weighted by Gasteiger charge is -2.16. The number of ether oxygens (including phenoxy) is 1. The average molecular weight is 503 g/mol. The van der Waals surface area contributed by atoms with Crippen molar-refractivity contribution in [2.24, 2.45) is 0 Å². The van der Waals surface area contributed by atoms with Gasteiger partial charge in [-0.15, -0.1) is 0 Å². The largest absolute Gasteiger partial charge is 0.493 e. The minimum absolute atomic E-state index is 0.0686. The van der Waals surface area contributed by atoms with E-state index in [9.17, 15) is 32.3 Å². The van der Waals surface area contributed by atoms with E-state index in [-0.39, 0.29) is 12.1 Å². The molecular formula is C27H25F4NO4. The summed E-state index contributed by atoms with van der Waals surface area (Å²) in [5.41, 5.74) is 1.30. The fourth-order valence-corrected chi connectivity index (χ4v) is 3.62. The lowest BCUT2D eigenvalue weighted by molar-refractivity contribution is -0.137. The second-order valence-electron chi connectivity index (χ2n) is 8.23. The molecule has 0 aliphatic rings. The van der Waals surface area contributed by atoms with Gasteiger partial charge < -0.3 is 15.2 Å². The lowest BCUT2D eigenvalue weighted by Crippen LogP contribution is -2.24. The van der Waals surface area contributed by atoms with Crippen LogP contribution in [0.15, 0.2) is 54.6 Å². The van der Waals surface area contributed by atoms with E-state index in [1.54, 1.807) is 31.2 Å². The summed E-state index contributed by atoms with van der Waals surface area (Å²) in [6.45, 7) is 4.16. The molecule has 0 fully saturated rings. The Hall–Kier alpha value is -3.88. The van der Waals surface area contributed by atoms with Crippen LogP contribution in [-0.4, -0.2) is 23.6 Å². The molecule has 3 aromatic rings. The number of nitrogens with one attached hydrogen (secondary N) is 1. The van der Waals surface area contributed by atoms with Crippen LogP contribution in [0.2, 0.25) is 0 Å². The number of carboxylic acids is 1. The zero-order chi connectivity index (χ0) is 26.5. The van der Waals surface area contributed by atoms with Crippen molar-refractivity contribution in [3.8, 4) is 16.9 Å². The van der Waals surface area contributed by atoms with Crippen LogP contribution in [0.1, 0.15) is 57.2 Å². The van der Waals surface area contributed by atoms with Gasteiger partial charge in [0.15, 0.2) is 0 Å². The standard InChI is InChI=1S/C27H25F4NO4/c1-3-4-11-36-24-10-6-17(21-8-5-18(26(34)35)12-16(21)2)13-19(24)15-32-25(33)22-9-7-20(14-23(22)28)27(29,30)31/h5-10,12-14H,3-4,11,15H2,1-2H3,(H,32,33)(H,34,35). The van der Waals surface area contributed by atoms with Crippen LogP contribution in [0.5, 0.6) is 5.75 Å². The maximum Gasteiger partial charge on any atom is 0.416 e. The molecule has 0 saturated carbocycles. The number of aromatic carboxylic acids is 1. The first-order chi connectivity index (χ1) is 17.0. The summed E-state index contributed by atoms with van der Waals surface area (Å²) in [4.78, 5) is 23.8. The number of benzene rings is 3. The van der Waals surface area contributed by atoms with Gasteiger partial charge in [0.1, 0.15) is 11.6 Å². The van der Waals surface area contributed by atoms with Gasteiger partial charge in [0.25, 0.3) is 5.91 Å². The van der Waals surface area contributed by atoms with Crippen LogP contribution in [-0.2, 0) is 12.7 Å². The van der Waals surface area contributed by atoms with Crippen LogP contribution < -0.4 is 10.1 Å². The van der Waals surface area contributed by atoms with Gasteiger partial charge in [-0.3, -0.25) is 4.79 Å². The number of carbonyl (C=O) groups is 2. The molecule has 1 amide bonds. The van der Waals surface area contributed by atoms with Crippen LogP contribution in [0.4, 0.5) is 17.6 Å². The first-order valence-corrected chi connectivity index (χ1v) is 11.3. The normalized spacial score (nSPS) is 11.3. The molecule has 0 aromatic heterocycles. The summed E-state index contributed by atoms with van der Waals surface area (Å²) in [7, 11) is 0. The molecule has 0 aliphatic carbocycles. The highest BCUT2D eigenvalue weighted by molar-refractivity contribution is 5.94. The monoisotopic (exact) mass is 503 g/mol. The summed E-state index contributed by atoms with van der Waals surface area (Å²) < 4.78 is 58.5. The highest BCUT2D eigenvalue weighted by atomic mass is 19.4. The molecule has 0 unspecified atom stereocenters. The molecule has 0 saturated heterocycles. The van der Waals surface area contributed by atoms with Gasteiger partial charge in [-0.1, -0.05) is 25.5 Å². The van der Waals surface area contributed by atoms with E-state index in [0.717, 1.165) is 35.6 Å². The fraction of sp³-hybridized carbons (Fsp3) is 0.259. The van der Waals surface area contributed by atoms with Gasteiger partial charge >= 0.3 is 12.1 Å². The molecular weight excluding hydrogens is 478 g/mol. The number of aryl methyl sites for hydroxylation is 1. The Kier molecular flexibility index (Phi) is 8.34. The Morgan fingerprint density at radius 2 is 1.78 bits per heavy atom. The third-order valence-electron chi connectivity index (χ3n) is 5.58. The molecule has 0 aliphatic heterocycles. The van der Waals surface area contributed by atoms with Gasteiger partial charge in [0, 0.05) is 12.1 Å². The van der Waals surface area contributed by atoms with Gasteiger partial charge in [-0.25, -0.2) is 9.18 Å². The number of carboxylic acid groups (broad SMARTS) is 1. The molecule has 0 radical (unpaired) electrons. The number of amides is 1. The van der Waals surface area contributed by atoms with Crippen molar-refractivity contribution in [2.45, 2.75) is 39.4 Å². The fourth-order valence-electron chi connectivity index (χ4n) is 3.62. The van der Waals surface area contributed by atoms with Crippen molar-refractivity contribution in [1.82, 2.24) is 5.32 Å². The minimum atomic E-state index is -4.72. The molecule has 3 rings (SSSR count). The summed E-state index contributed by atoms with van der Waals surface area (Å²) in [6, 6.07) is 11.8. The smallest absolute Gasteiger partial charge is 0.416 e. The maximum absolute atomic E-state index is 14.2. The van der Waals surface area contributed by atoms with E-state index < -0.39 is 35.0 Å². The first kappa shape index (κ1) is 26.7. The number of unbranched alkanes of at least 4 members (excludes halogenated alkanes) is 1. The van der Waals surface area contributed by atoms with E-state index in [1.807, 2.05) is 13.0 Å². The Labute approximate surface area is 205 Å². The molecule has 0 spiro atoms. The molecule has 36 heavy (non-hydrogen) atoms. The predicted molar refractivity (Wildman–Crippen MR) is 127 cm³/mol. The first-order valence-electron chi connectivity index (χ1n) is 11.3. The van der Waals surface area contributed by atoms with Crippen LogP contribution in [0, 0.1) is 12.7 Å². The molecule has 3 aromatic carbocycles. The van der Waals surface area contributed by atoms with E-state index >= 15 is 0 Å². The van der Waals surface area contributed by atoms with Crippen molar-refractivity contribution in [3.05, 3.63) is 88.2 Å². The summed E-state index contributed by atoms with van der Waals surface area (Å²) in [6.07, 6.45) is -3.01. The van der Waals surface area contributed by atoms with Gasteiger partial charge in [0.05, 0.1) is 23.3 Å². The number of hydrogen-bond donors (Lipinski definition) is 2. The second-order valence-corrected chi connectivity index (χ2v) is 8.23. The third kappa shape index (κ3) is 6.41. The van der Waals surface area contributed by atoms with Crippen molar-refractivity contribution in [3.63, 3.8) is 0 Å². The SMILES string of the molecule is CCCCOc1ccc(-c2ccc(C(=O)O)cc2C)cc1CNC(=O)c1ccc(C(F)(F)F)cc1F. The maximum atomic E-state index is 14.2. The molecule has 9 heteroatoms. The number of rotatable bonds is 9. The van der Waals surface area contributed by atoms with Gasteiger partial charge in [-0.05, 0) is 72.5 Å². The van der Waals surface area contributed by atoms with Crippen molar-refractivity contribution in [2.75, 3.05) is 6.61 Å². The topological polar surface area (TPSA) is 75.6 Å². The lowest BCUT2D eigenvalue weighted by atomic mass is 9.96. The predicted octanol–water partition coefficient (Wildman–Crippen LogP) is 6.63. The number of alkyl halides is 3. The molecule has 0 bridgehead atoms. The minimum Gasteiger partial charge on any atom is -0.493 e. The molecule has 0 heterocycles. The Morgan fingerprint density at radius 3 is 2.39 bits per heavy atom. The van der Waals surface area contributed by atoms with Crippen molar-refractivity contribution in [1.29, 1.82) is 0 Å². The van der Waals surface area contributed by atoms with E-state index in [1.165, 1.54) is 6.07 Å². The Balaban J connectivity index is 1.87. The van der Waals surface area contributed by atoms with E-state index in [2.05, 4.69) is 5.32 Å². The molecule has 190 valence electrons. The summed E-state index contributed by atoms with van der Waals surface area (Å²) in [5.74, 6) is -2.68. The van der Waals surface area contributed by atoms with E-state index in [0.29, 0.717) is 30.1 Å². The average Bonchev–Trinajstić information content (AvgIpc) is 2.82. The second kappa shape index (κ2) is 11.2. The number of hydrogen-bond acceptors (Lipinski definition) is 3. The van der Waals surface area contributed by atoms with Crippen LogP contribution in [0.3, 0.4) is 0 Å². The van der Waals surface area contributed by atoms with Crippen molar-refractivity contribution < 1.29 is 37.0 Å². The van der Waals surface area contributed by atoms with Crippen LogP contribution in [0.25, 0.3) is 11.1 Å². The Morgan fingerprint density at radius 1 is 1.03 bits per heavy atom. The quantitative estimate of drug-likeness (QED) is 0.254. The Bertz CT molecular complexity index is 1270. The molecule has 2 N–H and O–H groups in total. The summed E-state index contributed by atoms with van der Waals surface area (Å²) in [5, 5.41) is 11.7. The van der Waals surface area contributed by atoms with Gasteiger partial charge in [0.2, 0.25) is 0 Å².